The van der Waals surface area contributed by atoms with Gasteiger partial charge in [-0.2, -0.15) is 23.5 Å². The lowest BCUT2D eigenvalue weighted by atomic mass is 9.96. The van der Waals surface area contributed by atoms with E-state index in [0.29, 0.717) is 27.6 Å². The van der Waals surface area contributed by atoms with E-state index in [4.69, 9.17) is 9.47 Å². The second-order valence-electron chi connectivity index (χ2n) is 8.94. The van der Waals surface area contributed by atoms with Gasteiger partial charge in [0.05, 0.1) is 32.0 Å². The minimum absolute atomic E-state index is 0.0327. The summed E-state index contributed by atoms with van der Waals surface area (Å²) in [5, 5.41) is 19.9. The molecule has 0 radical (unpaired) electrons. The number of ether oxygens (including phenoxy) is 2. The molecule has 2 atom stereocenters. The van der Waals surface area contributed by atoms with Crippen LogP contribution in [0.5, 0.6) is 11.5 Å². The van der Waals surface area contributed by atoms with Crippen LogP contribution in [0.2, 0.25) is 0 Å². The first-order valence-electron chi connectivity index (χ1n) is 11.7. The molecule has 0 unspecified atom stereocenters. The van der Waals surface area contributed by atoms with Gasteiger partial charge in [-0.3, -0.25) is 4.79 Å². The van der Waals surface area contributed by atoms with Crippen LogP contribution in [-0.2, 0) is 12.8 Å². The van der Waals surface area contributed by atoms with Crippen molar-refractivity contribution in [1.82, 2.24) is 9.78 Å². The molecule has 2 N–H and O–H groups in total. The number of carbonyl (C=O) groups is 1. The van der Waals surface area contributed by atoms with Crippen LogP contribution < -0.4 is 20.1 Å². The van der Waals surface area contributed by atoms with E-state index in [0.717, 1.165) is 47.0 Å². The number of benzene rings is 1. The fraction of sp³-hybridized carbons (Fsp3) is 0.400. The number of thiophene rings is 1. The van der Waals surface area contributed by atoms with Crippen molar-refractivity contribution in [3.8, 4) is 17.6 Å². The first-order valence-corrected chi connectivity index (χ1v) is 12.6. The Bertz CT molecular complexity index is 1390. The molecule has 8 nitrogen and oxygen atoms in total. The summed E-state index contributed by atoms with van der Waals surface area (Å²) in [4.78, 5) is 14.4. The maximum Gasteiger partial charge on any atom is 0.410 e. The molecule has 0 spiro atoms. The monoisotopic (exact) mass is 531 g/mol. The number of nitriles is 1. The number of aryl methyl sites for hydroxylation is 1. The molecule has 0 fully saturated rings. The molecular formula is C25H24F3N5O3S. The van der Waals surface area contributed by atoms with E-state index in [1.165, 1.54) is 25.6 Å². The summed E-state index contributed by atoms with van der Waals surface area (Å²) in [7, 11) is 2.92. The second-order valence-corrected chi connectivity index (χ2v) is 10.0. The van der Waals surface area contributed by atoms with Gasteiger partial charge in [0.1, 0.15) is 22.5 Å². The number of amides is 1. The summed E-state index contributed by atoms with van der Waals surface area (Å²) >= 11 is 1.35. The molecule has 1 aromatic carbocycles. The molecule has 1 aliphatic carbocycles. The van der Waals surface area contributed by atoms with Crippen LogP contribution in [-0.4, -0.2) is 36.1 Å². The predicted octanol–water partition coefficient (Wildman–Crippen LogP) is 5.62. The predicted molar refractivity (Wildman–Crippen MR) is 131 cm³/mol. The van der Waals surface area contributed by atoms with Crippen molar-refractivity contribution in [3.63, 3.8) is 0 Å². The van der Waals surface area contributed by atoms with Gasteiger partial charge in [-0.05, 0) is 48.9 Å². The topological polar surface area (TPSA) is 101 Å². The Hall–Kier alpha value is -3.72. The summed E-state index contributed by atoms with van der Waals surface area (Å²) in [6.45, 7) is 0. The average molecular weight is 532 g/mol. The normalized spacial score (nSPS) is 18.7. The van der Waals surface area contributed by atoms with E-state index in [1.807, 2.05) is 0 Å². The molecule has 194 valence electrons. The SMILES string of the molecule is COc1ccc([C@@H]2C[C@H](C(F)(F)F)n3ncc(C(=O)Nc4sc5c(c4C#N)CCCC5)c3N2)cc1OC. The van der Waals surface area contributed by atoms with E-state index in [2.05, 4.69) is 21.8 Å². The number of aromatic nitrogens is 2. The van der Waals surface area contributed by atoms with Crippen molar-refractivity contribution in [2.24, 2.45) is 0 Å². The summed E-state index contributed by atoms with van der Waals surface area (Å²) in [6.07, 6.45) is -0.179. The highest BCUT2D eigenvalue weighted by Gasteiger charge is 2.47. The van der Waals surface area contributed by atoms with Crippen molar-refractivity contribution < 1.29 is 27.4 Å². The molecule has 5 rings (SSSR count). The van der Waals surface area contributed by atoms with Crippen molar-refractivity contribution in [1.29, 1.82) is 5.26 Å². The molecule has 3 heterocycles. The lowest BCUT2D eigenvalue weighted by Gasteiger charge is -2.34. The first kappa shape index (κ1) is 25.0. The van der Waals surface area contributed by atoms with Gasteiger partial charge in [0, 0.05) is 11.3 Å². The molecule has 2 aliphatic rings. The molecule has 1 aliphatic heterocycles. The number of halogens is 3. The summed E-state index contributed by atoms with van der Waals surface area (Å²) in [5.74, 6) is 0.169. The smallest absolute Gasteiger partial charge is 0.410 e. The van der Waals surface area contributed by atoms with E-state index >= 15 is 0 Å². The van der Waals surface area contributed by atoms with Crippen LogP contribution in [0.15, 0.2) is 24.4 Å². The Balaban J connectivity index is 1.49. The number of fused-ring (bicyclic) bond motifs is 2. The molecule has 3 aromatic rings. The number of carbonyl (C=O) groups excluding carboxylic acids is 1. The highest BCUT2D eigenvalue weighted by molar-refractivity contribution is 7.16. The minimum atomic E-state index is -4.59. The maximum atomic E-state index is 14.1. The standard InChI is InChI=1S/C25H24F3N5O3S/c1-35-18-8-7-13(9-19(18)36-2)17-10-21(25(26,27)28)33-22(31-17)16(12-30-33)23(34)32-24-15(11-29)14-5-3-4-6-20(14)37-24/h7-9,12,17,21,31H,3-6,10H2,1-2H3,(H,32,34)/t17-,21+/m0/s1. The highest BCUT2D eigenvalue weighted by Crippen LogP contribution is 2.46. The highest BCUT2D eigenvalue weighted by atomic mass is 32.1. The molecule has 37 heavy (non-hydrogen) atoms. The quantitative estimate of drug-likeness (QED) is 0.443. The molecular weight excluding hydrogens is 507 g/mol. The van der Waals surface area contributed by atoms with Crippen LogP contribution in [0, 0.1) is 11.3 Å². The Kier molecular flexibility index (Phi) is 6.49. The number of methoxy groups -OCH3 is 2. The third-order valence-corrected chi connectivity index (χ3v) is 8.01. The van der Waals surface area contributed by atoms with Crippen LogP contribution in [0.3, 0.4) is 0 Å². The van der Waals surface area contributed by atoms with Gasteiger partial charge >= 0.3 is 6.18 Å². The van der Waals surface area contributed by atoms with Gasteiger partial charge in [-0.1, -0.05) is 6.07 Å². The number of anilines is 2. The van der Waals surface area contributed by atoms with Gasteiger partial charge < -0.3 is 20.1 Å². The van der Waals surface area contributed by atoms with Gasteiger partial charge in [0.2, 0.25) is 0 Å². The lowest BCUT2D eigenvalue weighted by molar-refractivity contribution is -0.173. The van der Waals surface area contributed by atoms with Gasteiger partial charge in [0.15, 0.2) is 17.5 Å². The van der Waals surface area contributed by atoms with Gasteiger partial charge in [-0.15, -0.1) is 11.3 Å². The summed E-state index contributed by atoms with van der Waals surface area (Å²) in [5.41, 5.74) is 1.89. The summed E-state index contributed by atoms with van der Waals surface area (Å²) < 4.78 is 53.7. The minimum Gasteiger partial charge on any atom is -0.493 e. The van der Waals surface area contributed by atoms with E-state index in [-0.39, 0.29) is 17.8 Å². The fourth-order valence-corrected chi connectivity index (χ4v) is 6.19. The van der Waals surface area contributed by atoms with Crippen LogP contribution in [0.1, 0.15) is 63.3 Å². The zero-order valence-corrected chi connectivity index (χ0v) is 20.9. The number of hydrogen-bond acceptors (Lipinski definition) is 7. The largest absolute Gasteiger partial charge is 0.493 e. The zero-order valence-electron chi connectivity index (χ0n) is 20.1. The third kappa shape index (κ3) is 4.48. The van der Waals surface area contributed by atoms with Crippen LogP contribution >= 0.6 is 11.3 Å². The maximum absolute atomic E-state index is 14.1. The van der Waals surface area contributed by atoms with Crippen LogP contribution in [0.4, 0.5) is 24.0 Å². The number of hydrogen-bond donors (Lipinski definition) is 2. The lowest BCUT2D eigenvalue weighted by Crippen LogP contribution is -2.36. The molecule has 2 aromatic heterocycles. The molecule has 0 saturated carbocycles. The van der Waals surface area contributed by atoms with Gasteiger partial charge in [-0.25, -0.2) is 4.68 Å². The molecule has 0 saturated heterocycles. The van der Waals surface area contributed by atoms with E-state index in [1.54, 1.807) is 18.2 Å². The second kappa shape index (κ2) is 9.63. The first-order chi connectivity index (χ1) is 17.7. The molecule has 1 amide bonds. The van der Waals surface area contributed by atoms with Crippen molar-refractivity contribution in [2.75, 3.05) is 24.9 Å². The Morgan fingerprint density at radius 2 is 2.00 bits per heavy atom. The van der Waals surface area contributed by atoms with Crippen molar-refractivity contribution in [2.45, 2.75) is 50.4 Å². The van der Waals surface area contributed by atoms with E-state index in [9.17, 15) is 23.2 Å². The van der Waals surface area contributed by atoms with Gasteiger partial charge in [0.25, 0.3) is 5.91 Å². The number of nitrogens with one attached hydrogen (secondary N) is 2. The number of rotatable bonds is 5. The Morgan fingerprint density at radius 1 is 1.24 bits per heavy atom. The van der Waals surface area contributed by atoms with E-state index < -0.39 is 24.2 Å². The summed E-state index contributed by atoms with van der Waals surface area (Å²) in [6, 6.07) is 4.37. The number of nitrogens with zero attached hydrogens (tertiary/aromatic N) is 3. The Morgan fingerprint density at radius 3 is 2.70 bits per heavy atom. The average Bonchev–Trinajstić information content (AvgIpc) is 3.47. The zero-order chi connectivity index (χ0) is 26.3. The fourth-order valence-electron chi connectivity index (χ4n) is 4.96. The molecule has 12 heteroatoms. The third-order valence-electron chi connectivity index (χ3n) is 6.80. The number of alkyl halides is 3. The van der Waals surface area contributed by atoms with Crippen LogP contribution in [0.25, 0.3) is 0 Å². The van der Waals surface area contributed by atoms with Crippen molar-refractivity contribution in [3.05, 3.63) is 51.5 Å². The Labute approximate surface area is 215 Å². The molecule has 0 bridgehead atoms. The van der Waals surface area contributed by atoms with Crippen molar-refractivity contribution >= 4 is 28.1 Å².